The van der Waals surface area contributed by atoms with Crippen molar-refractivity contribution in [1.82, 2.24) is 18.7 Å². The van der Waals surface area contributed by atoms with Gasteiger partial charge in [0.2, 0.25) is 0 Å². The predicted molar refractivity (Wildman–Crippen MR) is 102 cm³/mol. The first-order chi connectivity index (χ1) is 12.5. The van der Waals surface area contributed by atoms with Crippen molar-refractivity contribution in [2.75, 3.05) is 23.3 Å². The molecule has 1 N–H and O–H groups in total. The number of aryl methyl sites for hydroxylation is 1. The molecule has 0 unspecified atom stereocenters. The minimum absolute atomic E-state index is 0.196. The van der Waals surface area contributed by atoms with Crippen molar-refractivity contribution in [3.8, 4) is 0 Å². The van der Waals surface area contributed by atoms with Gasteiger partial charge in [-0.3, -0.25) is 13.9 Å². The van der Waals surface area contributed by atoms with Gasteiger partial charge in [-0.25, -0.2) is 9.78 Å². The quantitative estimate of drug-likeness (QED) is 0.748. The molecule has 1 atom stereocenters. The van der Waals surface area contributed by atoms with Crippen molar-refractivity contribution in [1.29, 1.82) is 0 Å². The summed E-state index contributed by atoms with van der Waals surface area (Å²) < 4.78 is 4.71. The molecule has 1 aliphatic rings. The largest absolute Gasteiger partial charge is 0.364 e. The highest BCUT2D eigenvalue weighted by molar-refractivity contribution is 5.89. The zero-order valence-electron chi connectivity index (χ0n) is 15.1. The second-order valence-electron chi connectivity index (χ2n) is 6.84. The van der Waals surface area contributed by atoms with E-state index in [0.717, 1.165) is 34.3 Å². The number of fused-ring (bicyclic) bond motifs is 1. The smallest absolute Gasteiger partial charge is 0.332 e. The number of anilines is 2. The molecule has 3 aromatic heterocycles. The van der Waals surface area contributed by atoms with E-state index in [2.05, 4.69) is 25.8 Å². The Balaban J connectivity index is 1.59. The van der Waals surface area contributed by atoms with Gasteiger partial charge in [0.25, 0.3) is 5.56 Å². The Morgan fingerprint density at radius 2 is 1.96 bits per heavy atom. The highest BCUT2D eigenvalue weighted by Gasteiger charge is 2.26. The van der Waals surface area contributed by atoms with Crippen molar-refractivity contribution in [3.63, 3.8) is 0 Å². The van der Waals surface area contributed by atoms with Crippen LogP contribution in [-0.2, 0) is 21.1 Å². The highest BCUT2D eigenvalue weighted by atomic mass is 16.2. The minimum atomic E-state index is -0.306. The number of nitrogens with zero attached hydrogens (tertiary/aromatic N) is 5. The molecule has 0 bridgehead atoms. The third-order valence-electron chi connectivity index (χ3n) is 5.14. The van der Waals surface area contributed by atoms with Gasteiger partial charge < -0.3 is 14.8 Å². The maximum absolute atomic E-state index is 12.2. The van der Waals surface area contributed by atoms with Gasteiger partial charge in [0.05, 0.1) is 5.52 Å². The molecule has 1 aliphatic heterocycles. The number of hydrogen-bond acceptors (Lipinski definition) is 5. The van der Waals surface area contributed by atoms with Gasteiger partial charge in [0, 0.05) is 64.1 Å². The van der Waals surface area contributed by atoms with Gasteiger partial charge in [-0.15, -0.1) is 0 Å². The van der Waals surface area contributed by atoms with Gasteiger partial charge in [0.1, 0.15) is 5.82 Å². The summed E-state index contributed by atoms with van der Waals surface area (Å²) in [4.78, 5) is 30.7. The molecular formula is C18H22N6O2. The molecule has 0 amide bonds. The fraction of sp³-hybridized carbons (Fsp3) is 0.389. The topological polar surface area (TPSA) is 77.1 Å². The van der Waals surface area contributed by atoms with Crippen LogP contribution in [0.25, 0.3) is 10.9 Å². The Morgan fingerprint density at radius 3 is 2.77 bits per heavy atom. The van der Waals surface area contributed by atoms with Crippen LogP contribution in [0.5, 0.6) is 0 Å². The molecule has 0 spiro atoms. The molecule has 1 fully saturated rings. The van der Waals surface area contributed by atoms with E-state index >= 15 is 0 Å². The van der Waals surface area contributed by atoms with Crippen LogP contribution < -0.4 is 21.5 Å². The van der Waals surface area contributed by atoms with Gasteiger partial charge in [-0.2, -0.15) is 0 Å². The third kappa shape index (κ3) is 2.58. The van der Waals surface area contributed by atoms with Crippen LogP contribution in [0.4, 0.5) is 11.6 Å². The average Bonchev–Trinajstić information content (AvgIpc) is 3.24. The second kappa shape index (κ2) is 6.05. The Labute approximate surface area is 150 Å². The Kier molecular flexibility index (Phi) is 3.82. The number of rotatable bonds is 3. The normalized spacial score (nSPS) is 17.2. The van der Waals surface area contributed by atoms with Crippen LogP contribution >= 0.6 is 0 Å². The van der Waals surface area contributed by atoms with Crippen LogP contribution in [0.15, 0.2) is 40.2 Å². The zero-order valence-corrected chi connectivity index (χ0v) is 15.1. The summed E-state index contributed by atoms with van der Waals surface area (Å²) in [7, 11) is 5.20. The number of aromatic nitrogens is 4. The average molecular weight is 354 g/mol. The van der Waals surface area contributed by atoms with Gasteiger partial charge >= 0.3 is 5.69 Å². The number of hydrogen-bond donors (Lipinski definition) is 1. The fourth-order valence-corrected chi connectivity index (χ4v) is 3.65. The molecule has 136 valence electrons. The summed E-state index contributed by atoms with van der Waals surface area (Å²) >= 11 is 0. The minimum Gasteiger partial charge on any atom is -0.364 e. The van der Waals surface area contributed by atoms with Crippen molar-refractivity contribution >= 4 is 22.5 Å². The van der Waals surface area contributed by atoms with Crippen LogP contribution in [0.1, 0.15) is 6.42 Å². The molecule has 0 aliphatic carbocycles. The van der Waals surface area contributed by atoms with E-state index < -0.39 is 0 Å². The Morgan fingerprint density at radius 1 is 1.15 bits per heavy atom. The number of pyridine rings is 1. The van der Waals surface area contributed by atoms with E-state index in [-0.39, 0.29) is 17.3 Å². The summed E-state index contributed by atoms with van der Waals surface area (Å²) in [5.41, 5.74) is 0.487. The molecule has 0 saturated carbocycles. The van der Waals surface area contributed by atoms with Crippen molar-refractivity contribution in [2.24, 2.45) is 21.1 Å². The van der Waals surface area contributed by atoms with Gasteiger partial charge in [0.15, 0.2) is 5.82 Å². The molecule has 4 rings (SSSR count). The van der Waals surface area contributed by atoms with E-state index in [1.54, 1.807) is 7.05 Å². The predicted octanol–water partition coefficient (Wildman–Crippen LogP) is 0.661. The lowest BCUT2D eigenvalue weighted by Crippen LogP contribution is -2.40. The van der Waals surface area contributed by atoms with Crippen molar-refractivity contribution < 1.29 is 0 Å². The molecule has 4 heterocycles. The first kappa shape index (κ1) is 16.4. The lowest BCUT2D eigenvalue weighted by molar-refractivity contribution is 0.672. The van der Waals surface area contributed by atoms with Crippen LogP contribution in [0, 0.1) is 0 Å². The summed E-state index contributed by atoms with van der Waals surface area (Å²) in [6, 6.07) is 5.79. The first-order valence-electron chi connectivity index (χ1n) is 8.64. The molecular weight excluding hydrogens is 332 g/mol. The Hall–Kier alpha value is -3.03. The molecule has 0 aromatic carbocycles. The molecule has 26 heavy (non-hydrogen) atoms. The SMILES string of the molecule is Cn1c(N2CC[C@@H](Nc3nccc4ccn(C)c34)C2)cc(=O)n(C)c1=O. The first-order valence-corrected chi connectivity index (χ1v) is 8.64. The van der Waals surface area contributed by atoms with E-state index in [4.69, 9.17) is 0 Å². The van der Waals surface area contributed by atoms with Gasteiger partial charge in [-0.05, 0) is 18.6 Å². The second-order valence-corrected chi connectivity index (χ2v) is 6.84. The third-order valence-corrected chi connectivity index (χ3v) is 5.14. The summed E-state index contributed by atoms with van der Waals surface area (Å²) in [6.07, 6.45) is 4.74. The van der Waals surface area contributed by atoms with E-state index in [0.29, 0.717) is 12.4 Å². The Bertz CT molecular complexity index is 1090. The molecule has 1 saturated heterocycles. The van der Waals surface area contributed by atoms with Crippen LogP contribution in [0.3, 0.4) is 0 Å². The van der Waals surface area contributed by atoms with E-state index in [1.165, 1.54) is 17.7 Å². The zero-order chi connectivity index (χ0) is 18.4. The molecule has 3 aromatic rings. The van der Waals surface area contributed by atoms with Gasteiger partial charge in [-0.1, -0.05) is 0 Å². The fourth-order valence-electron chi connectivity index (χ4n) is 3.65. The molecule has 0 radical (unpaired) electrons. The lowest BCUT2D eigenvalue weighted by Gasteiger charge is -2.22. The van der Waals surface area contributed by atoms with Crippen molar-refractivity contribution in [3.05, 3.63) is 51.4 Å². The van der Waals surface area contributed by atoms with E-state index in [9.17, 15) is 9.59 Å². The standard InChI is InChI=1S/C18H22N6O2/c1-21-8-5-12-4-7-19-17(16(12)21)20-13-6-9-24(11-13)14-10-15(25)23(3)18(26)22(14)2/h4-5,7-8,10,13H,6,9,11H2,1-3H3,(H,19,20)/t13-/m1/s1. The lowest BCUT2D eigenvalue weighted by atomic mass is 10.2. The van der Waals surface area contributed by atoms with E-state index in [1.807, 2.05) is 25.5 Å². The monoisotopic (exact) mass is 354 g/mol. The van der Waals surface area contributed by atoms with Crippen molar-refractivity contribution in [2.45, 2.75) is 12.5 Å². The summed E-state index contributed by atoms with van der Waals surface area (Å²) in [5.74, 6) is 1.52. The summed E-state index contributed by atoms with van der Waals surface area (Å²) in [5, 5.41) is 4.67. The molecule has 8 nitrogen and oxygen atoms in total. The number of nitrogens with one attached hydrogen (secondary N) is 1. The maximum Gasteiger partial charge on any atom is 0.332 e. The maximum atomic E-state index is 12.2. The summed E-state index contributed by atoms with van der Waals surface area (Å²) in [6.45, 7) is 1.49. The molecule has 8 heteroatoms. The van der Waals surface area contributed by atoms with Crippen LogP contribution in [-0.4, -0.2) is 37.8 Å². The van der Waals surface area contributed by atoms with Crippen LogP contribution in [0.2, 0.25) is 0 Å². The highest BCUT2D eigenvalue weighted by Crippen LogP contribution is 2.25.